The number of aliphatic hydroxyl groups is 1. The smallest absolute Gasteiger partial charge is 0.219 e. The van der Waals surface area contributed by atoms with Crippen LogP contribution in [-0.2, 0) is 6.61 Å². The Kier molecular flexibility index (Phi) is 3.12. The number of aryl methyl sites for hydroxylation is 1. The normalized spacial score (nSPS) is 10.1. The maximum Gasteiger partial charge on any atom is 0.219 e. The quantitative estimate of drug-likeness (QED) is 0.853. The van der Waals surface area contributed by atoms with Crippen molar-refractivity contribution in [3.05, 3.63) is 47.9 Å². The molecule has 0 aliphatic carbocycles. The first-order valence-electron chi connectivity index (χ1n) is 4.95. The molecule has 0 aliphatic rings. The van der Waals surface area contributed by atoms with Gasteiger partial charge in [0, 0.05) is 18.5 Å². The summed E-state index contributed by atoms with van der Waals surface area (Å²) in [6, 6.07) is 7.07. The molecule has 2 heterocycles. The number of nitrogens with zero attached hydrogens (tertiary/aromatic N) is 2. The maximum atomic E-state index is 8.99. The summed E-state index contributed by atoms with van der Waals surface area (Å²) >= 11 is 0. The third-order valence-corrected chi connectivity index (χ3v) is 2.15. The summed E-state index contributed by atoms with van der Waals surface area (Å²) in [5, 5.41) is 8.99. The second-order valence-corrected chi connectivity index (χ2v) is 3.35. The van der Waals surface area contributed by atoms with E-state index >= 15 is 0 Å². The first kappa shape index (κ1) is 10.6. The van der Waals surface area contributed by atoms with Gasteiger partial charge in [-0.3, -0.25) is 4.98 Å². The Morgan fingerprint density at radius 2 is 2.12 bits per heavy atom. The highest BCUT2D eigenvalue weighted by molar-refractivity contribution is 5.31. The van der Waals surface area contributed by atoms with Crippen LogP contribution in [0.1, 0.15) is 11.3 Å². The number of pyridine rings is 2. The van der Waals surface area contributed by atoms with Gasteiger partial charge in [0.25, 0.3) is 0 Å². The van der Waals surface area contributed by atoms with E-state index in [9.17, 15) is 0 Å². The van der Waals surface area contributed by atoms with E-state index in [1.165, 1.54) is 0 Å². The van der Waals surface area contributed by atoms with Gasteiger partial charge in [-0.25, -0.2) is 4.98 Å². The van der Waals surface area contributed by atoms with Gasteiger partial charge < -0.3 is 9.84 Å². The van der Waals surface area contributed by atoms with Crippen LogP contribution in [0.2, 0.25) is 0 Å². The summed E-state index contributed by atoms with van der Waals surface area (Å²) in [5.41, 5.74) is 1.57. The predicted octanol–water partition coefficient (Wildman–Crippen LogP) is 2.07. The third kappa shape index (κ3) is 2.35. The lowest BCUT2D eigenvalue weighted by Gasteiger charge is -2.07. The van der Waals surface area contributed by atoms with E-state index in [4.69, 9.17) is 9.84 Å². The minimum atomic E-state index is -0.0229. The topological polar surface area (TPSA) is 55.2 Å². The van der Waals surface area contributed by atoms with E-state index in [1.807, 2.05) is 13.0 Å². The Balaban J connectivity index is 2.24. The van der Waals surface area contributed by atoms with Crippen molar-refractivity contribution in [1.82, 2.24) is 9.97 Å². The fraction of sp³-hybridized carbons (Fsp3) is 0.167. The highest BCUT2D eigenvalue weighted by Crippen LogP contribution is 2.21. The first-order chi connectivity index (χ1) is 7.79. The van der Waals surface area contributed by atoms with Crippen molar-refractivity contribution in [1.29, 1.82) is 0 Å². The van der Waals surface area contributed by atoms with Crippen LogP contribution >= 0.6 is 0 Å². The van der Waals surface area contributed by atoms with Crippen molar-refractivity contribution in [2.45, 2.75) is 13.5 Å². The van der Waals surface area contributed by atoms with Gasteiger partial charge in [0.2, 0.25) is 5.88 Å². The second-order valence-electron chi connectivity index (χ2n) is 3.35. The summed E-state index contributed by atoms with van der Waals surface area (Å²) in [6.45, 7) is 1.84. The number of hydrogen-bond donors (Lipinski definition) is 1. The van der Waals surface area contributed by atoms with Crippen LogP contribution in [0.3, 0.4) is 0 Å². The van der Waals surface area contributed by atoms with Gasteiger partial charge in [-0.2, -0.15) is 0 Å². The summed E-state index contributed by atoms with van der Waals surface area (Å²) in [4.78, 5) is 8.18. The van der Waals surface area contributed by atoms with Crippen LogP contribution in [0.15, 0.2) is 36.7 Å². The minimum Gasteiger partial charge on any atom is -0.437 e. The molecule has 1 N–H and O–H groups in total. The minimum absolute atomic E-state index is 0.0229. The molecule has 0 aromatic carbocycles. The maximum absolute atomic E-state index is 8.99. The van der Waals surface area contributed by atoms with E-state index in [0.717, 1.165) is 11.3 Å². The summed E-state index contributed by atoms with van der Waals surface area (Å²) in [7, 11) is 0. The van der Waals surface area contributed by atoms with Crippen LogP contribution < -0.4 is 4.74 Å². The van der Waals surface area contributed by atoms with E-state index in [0.29, 0.717) is 11.6 Å². The molecule has 0 unspecified atom stereocenters. The van der Waals surface area contributed by atoms with Crippen molar-refractivity contribution in [2.75, 3.05) is 0 Å². The lowest BCUT2D eigenvalue weighted by molar-refractivity contribution is 0.281. The molecule has 0 spiro atoms. The van der Waals surface area contributed by atoms with Crippen LogP contribution in [-0.4, -0.2) is 15.1 Å². The van der Waals surface area contributed by atoms with Crippen LogP contribution in [0.5, 0.6) is 11.6 Å². The van der Waals surface area contributed by atoms with Crippen LogP contribution in [0.4, 0.5) is 0 Å². The molecule has 16 heavy (non-hydrogen) atoms. The van der Waals surface area contributed by atoms with E-state index in [-0.39, 0.29) is 6.61 Å². The highest BCUT2D eigenvalue weighted by Gasteiger charge is 2.02. The average Bonchev–Trinajstić information content (AvgIpc) is 2.32. The number of ether oxygens (including phenoxy) is 1. The Morgan fingerprint density at radius 1 is 1.25 bits per heavy atom. The van der Waals surface area contributed by atoms with Gasteiger partial charge in [0.05, 0.1) is 12.3 Å². The van der Waals surface area contributed by atoms with Crippen LogP contribution in [0.25, 0.3) is 0 Å². The number of aliphatic hydroxyl groups excluding tert-OH is 1. The largest absolute Gasteiger partial charge is 0.437 e. The van der Waals surface area contributed by atoms with Crippen molar-refractivity contribution >= 4 is 0 Å². The first-order valence-corrected chi connectivity index (χ1v) is 4.95. The Labute approximate surface area is 93.6 Å². The molecule has 4 nitrogen and oxygen atoms in total. The molecule has 0 aliphatic heterocycles. The lowest BCUT2D eigenvalue weighted by atomic mass is 10.3. The molecule has 0 amide bonds. The van der Waals surface area contributed by atoms with Gasteiger partial charge in [0.15, 0.2) is 5.75 Å². The van der Waals surface area contributed by atoms with Gasteiger partial charge >= 0.3 is 0 Å². The molecule has 4 heteroatoms. The molecular weight excluding hydrogens is 204 g/mol. The molecule has 0 saturated heterocycles. The molecule has 2 aromatic heterocycles. The molecule has 82 valence electrons. The molecule has 0 bridgehead atoms. The second kappa shape index (κ2) is 4.72. The molecule has 0 radical (unpaired) electrons. The zero-order valence-corrected chi connectivity index (χ0v) is 8.92. The van der Waals surface area contributed by atoms with Gasteiger partial charge in [-0.05, 0) is 30.7 Å². The van der Waals surface area contributed by atoms with Gasteiger partial charge in [0.1, 0.15) is 0 Å². The summed E-state index contributed by atoms with van der Waals surface area (Å²) < 4.78 is 5.57. The molecule has 2 rings (SSSR count). The van der Waals surface area contributed by atoms with E-state index in [1.54, 1.807) is 30.6 Å². The van der Waals surface area contributed by atoms with Gasteiger partial charge in [-0.15, -0.1) is 0 Å². The fourth-order valence-corrected chi connectivity index (χ4v) is 1.29. The number of rotatable bonds is 3. The monoisotopic (exact) mass is 216 g/mol. The van der Waals surface area contributed by atoms with Crippen LogP contribution in [0, 0.1) is 6.92 Å². The average molecular weight is 216 g/mol. The van der Waals surface area contributed by atoms with Crippen molar-refractivity contribution in [3.63, 3.8) is 0 Å². The van der Waals surface area contributed by atoms with Gasteiger partial charge in [-0.1, -0.05) is 0 Å². The highest BCUT2D eigenvalue weighted by atomic mass is 16.5. The van der Waals surface area contributed by atoms with Crippen molar-refractivity contribution < 1.29 is 9.84 Å². The standard InChI is InChI=1S/C12H12N2O2/c1-9-11(3-2-5-13-9)16-12-7-10(8-15)4-6-14-12/h2-7,15H,8H2,1H3. The Bertz CT molecular complexity index is 486. The van der Waals surface area contributed by atoms with Crippen molar-refractivity contribution in [3.8, 4) is 11.6 Å². The third-order valence-electron chi connectivity index (χ3n) is 2.15. The molecule has 2 aromatic rings. The number of aromatic nitrogens is 2. The molecule has 0 fully saturated rings. The van der Waals surface area contributed by atoms with E-state index < -0.39 is 0 Å². The Hall–Kier alpha value is -1.94. The predicted molar refractivity (Wildman–Crippen MR) is 59.2 cm³/mol. The zero-order valence-electron chi connectivity index (χ0n) is 8.92. The number of hydrogen-bond acceptors (Lipinski definition) is 4. The molecular formula is C12H12N2O2. The Morgan fingerprint density at radius 3 is 2.88 bits per heavy atom. The summed E-state index contributed by atoms with van der Waals surface area (Å²) in [6.07, 6.45) is 3.31. The lowest BCUT2D eigenvalue weighted by Crippen LogP contribution is -1.93. The SMILES string of the molecule is Cc1ncccc1Oc1cc(CO)ccn1. The molecule has 0 saturated carbocycles. The van der Waals surface area contributed by atoms with E-state index in [2.05, 4.69) is 9.97 Å². The fourth-order valence-electron chi connectivity index (χ4n) is 1.29. The zero-order chi connectivity index (χ0) is 11.4. The van der Waals surface area contributed by atoms with Crippen molar-refractivity contribution in [2.24, 2.45) is 0 Å². The summed E-state index contributed by atoms with van der Waals surface area (Å²) in [5.74, 6) is 1.13. The molecule has 0 atom stereocenters.